The fourth-order valence-electron chi connectivity index (χ4n) is 1.10. The number of hydrogen-bond donors (Lipinski definition) is 2. The molecule has 0 bridgehead atoms. The highest BCUT2D eigenvalue weighted by atomic mass is 16.5. The zero-order valence-electron chi connectivity index (χ0n) is 8.33. The summed E-state index contributed by atoms with van der Waals surface area (Å²) in [5, 5.41) is 8.49. The van der Waals surface area contributed by atoms with Crippen molar-refractivity contribution in [2.75, 3.05) is 0 Å². The molecular formula is C12H15NO. The molecule has 0 unspecified atom stereocenters. The van der Waals surface area contributed by atoms with Crippen molar-refractivity contribution in [2.24, 2.45) is 0 Å². The monoisotopic (exact) mass is 189 g/mol. The lowest BCUT2D eigenvalue weighted by molar-refractivity contribution is 0.205. The molecule has 0 amide bonds. The third-order valence-electron chi connectivity index (χ3n) is 2.01. The molecule has 0 aliphatic carbocycles. The zero-order chi connectivity index (χ0) is 10.4. The van der Waals surface area contributed by atoms with Crippen LogP contribution in [0.1, 0.15) is 18.1 Å². The Hall–Kier alpha value is -1.54. The number of aryl methyl sites for hydroxylation is 1. The van der Waals surface area contributed by atoms with E-state index >= 15 is 0 Å². The molecule has 2 N–H and O–H groups in total. The Morgan fingerprint density at radius 2 is 2.07 bits per heavy atom. The van der Waals surface area contributed by atoms with Gasteiger partial charge in [-0.2, -0.15) is 0 Å². The Balaban J connectivity index is 2.68. The molecule has 0 aliphatic heterocycles. The van der Waals surface area contributed by atoms with Crippen molar-refractivity contribution >= 4 is 6.08 Å². The molecule has 0 aromatic heterocycles. The van der Waals surface area contributed by atoms with E-state index in [4.69, 9.17) is 5.21 Å². The van der Waals surface area contributed by atoms with Crippen molar-refractivity contribution < 1.29 is 5.21 Å². The Kier molecular flexibility index (Phi) is 3.95. The van der Waals surface area contributed by atoms with Gasteiger partial charge in [-0.1, -0.05) is 43.8 Å². The van der Waals surface area contributed by atoms with Gasteiger partial charge in [0.05, 0.1) is 5.70 Å². The maximum Gasteiger partial charge on any atom is 0.0530 e. The van der Waals surface area contributed by atoms with E-state index in [1.807, 2.05) is 23.7 Å². The van der Waals surface area contributed by atoms with Crippen LogP contribution in [0.5, 0.6) is 0 Å². The van der Waals surface area contributed by atoms with Crippen molar-refractivity contribution in [3.8, 4) is 0 Å². The van der Waals surface area contributed by atoms with Gasteiger partial charge in [0.1, 0.15) is 0 Å². The number of nitrogens with one attached hydrogen (secondary N) is 1. The normalized spacial score (nSPS) is 10.4. The lowest BCUT2D eigenvalue weighted by atomic mass is 10.1. The highest BCUT2D eigenvalue weighted by Gasteiger charge is 1.89. The second-order valence-electron chi connectivity index (χ2n) is 3.07. The summed E-state index contributed by atoms with van der Waals surface area (Å²) in [7, 11) is 0. The molecule has 0 spiro atoms. The Morgan fingerprint density at radius 1 is 1.43 bits per heavy atom. The van der Waals surface area contributed by atoms with Gasteiger partial charge in [0.25, 0.3) is 0 Å². The summed E-state index contributed by atoms with van der Waals surface area (Å²) in [6.45, 7) is 5.70. The van der Waals surface area contributed by atoms with Crippen LogP contribution in [0.3, 0.4) is 0 Å². The fourth-order valence-corrected chi connectivity index (χ4v) is 1.10. The van der Waals surface area contributed by atoms with Crippen molar-refractivity contribution in [2.45, 2.75) is 13.3 Å². The minimum atomic E-state index is 0.476. The van der Waals surface area contributed by atoms with Crippen LogP contribution in [-0.2, 0) is 6.42 Å². The van der Waals surface area contributed by atoms with Crippen LogP contribution in [0, 0.1) is 0 Å². The Bertz CT molecular complexity index is 325. The van der Waals surface area contributed by atoms with E-state index in [9.17, 15) is 0 Å². The molecule has 0 saturated carbocycles. The molecule has 1 aromatic carbocycles. The first-order valence-electron chi connectivity index (χ1n) is 4.62. The highest BCUT2D eigenvalue weighted by Crippen LogP contribution is 2.07. The Labute approximate surface area is 84.5 Å². The van der Waals surface area contributed by atoms with Crippen molar-refractivity contribution in [3.63, 3.8) is 0 Å². The smallest absolute Gasteiger partial charge is 0.0530 e. The SMILES string of the molecule is C=C(/C=C/c1ccc(CC)cc1)NO. The first-order chi connectivity index (χ1) is 6.76. The third-order valence-corrected chi connectivity index (χ3v) is 2.01. The molecule has 2 heteroatoms. The fraction of sp³-hybridized carbons (Fsp3) is 0.167. The molecule has 1 rings (SSSR count). The van der Waals surface area contributed by atoms with Crippen LogP contribution in [0.2, 0.25) is 0 Å². The summed E-state index contributed by atoms with van der Waals surface area (Å²) < 4.78 is 0. The predicted molar refractivity (Wildman–Crippen MR) is 58.9 cm³/mol. The van der Waals surface area contributed by atoms with Crippen molar-refractivity contribution in [3.05, 3.63) is 53.7 Å². The summed E-state index contributed by atoms with van der Waals surface area (Å²) in [6, 6.07) is 8.27. The van der Waals surface area contributed by atoms with Gasteiger partial charge in [-0.3, -0.25) is 10.7 Å². The maximum absolute atomic E-state index is 8.49. The molecule has 0 aliphatic rings. The average Bonchev–Trinajstić information content (AvgIpc) is 2.26. The van der Waals surface area contributed by atoms with Gasteiger partial charge in [0.2, 0.25) is 0 Å². The van der Waals surface area contributed by atoms with E-state index in [0.717, 1.165) is 12.0 Å². The van der Waals surface area contributed by atoms with Gasteiger partial charge < -0.3 is 0 Å². The van der Waals surface area contributed by atoms with Crippen LogP contribution < -0.4 is 5.48 Å². The van der Waals surface area contributed by atoms with Crippen molar-refractivity contribution in [1.29, 1.82) is 0 Å². The molecule has 74 valence electrons. The molecule has 2 nitrogen and oxygen atoms in total. The third kappa shape index (κ3) is 3.07. The van der Waals surface area contributed by atoms with Gasteiger partial charge in [-0.25, -0.2) is 0 Å². The molecule has 0 radical (unpaired) electrons. The standard InChI is InChI=1S/C12H15NO/c1-3-11-6-8-12(9-7-11)5-4-10(2)13-14/h4-9,13-14H,2-3H2,1H3/b5-4+. The molecule has 0 saturated heterocycles. The average molecular weight is 189 g/mol. The summed E-state index contributed by atoms with van der Waals surface area (Å²) in [5.74, 6) is 0. The summed E-state index contributed by atoms with van der Waals surface area (Å²) in [5.41, 5.74) is 4.87. The largest absolute Gasteiger partial charge is 0.291 e. The van der Waals surface area contributed by atoms with E-state index in [-0.39, 0.29) is 0 Å². The molecule has 0 fully saturated rings. The number of benzene rings is 1. The first-order valence-corrected chi connectivity index (χ1v) is 4.62. The summed E-state index contributed by atoms with van der Waals surface area (Å²) in [6.07, 6.45) is 4.67. The van der Waals surface area contributed by atoms with Crippen LogP contribution in [0.25, 0.3) is 6.08 Å². The van der Waals surface area contributed by atoms with Crippen LogP contribution in [0.15, 0.2) is 42.6 Å². The Morgan fingerprint density at radius 3 is 2.57 bits per heavy atom. The second-order valence-corrected chi connectivity index (χ2v) is 3.07. The van der Waals surface area contributed by atoms with Gasteiger partial charge in [-0.15, -0.1) is 0 Å². The van der Waals surface area contributed by atoms with Crippen LogP contribution in [0.4, 0.5) is 0 Å². The van der Waals surface area contributed by atoms with E-state index in [1.165, 1.54) is 5.56 Å². The summed E-state index contributed by atoms with van der Waals surface area (Å²) >= 11 is 0. The molecule has 0 heterocycles. The minimum absolute atomic E-state index is 0.476. The highest BCUT2D eigenvalue weighted by molar-refractivity contribution is 5.52. The number of allylic oxidation sites excluding steroid dienone is 1. The zero-order valence-corrected chi connectivity index (χ0v) is 8.33. The molecular weight excluding hydrogens is 174 g/mol. The van der Waals surface area contributed by atoms with E-state index < -0.39 is 0 Å². The van der Waals surface area contributed by atoms with Gasteiger partial charge in [0, 0.05) is 0 Å². The van der Waals surface area contributed by atoms with Crippen molar-refractivity contribution in [1.82, 2.24) is 5.48 Å². The van der Waals surface area contributed by atoms with Gasteiger partial charge >= 0.3 is 0 Å². The van der Waals surface area contributed by atoms with E-state index in [2.05, 4.69) is 25.6 Å². The van der Waals surface area contributed by atoms with Crippen LogP contribution in [-0.4, -0.2) is 5.21 Å². The second kappa shape index (κ2) is 5.25. The summed E-state index contributed by atoms with van der Waals surface area (Å²) in [4.78, 5) is 0. The van der Waals surface area contributed by atoms with Crippen LogP contribution >= 0.6 is 0 Å². The predicted octanol–water partition coefficient (Wildman–Crippen LogP) is 2.75. The lowest BCUT2D eigenvalue weighted by Crippen LogP contribution is -2.01. The van der Waals surface area contributed by atoms with Gasteiger partial charge in [0.15, 0.2) is 0 Å². The first kappa shape index (κ1) is 10.5. The number of hydroxylamine groups is 1. The quantitative estimate of drug-likeness (QED) is 0.564. The molecule has 1 aromatic rings. The maximum atomic E-state index is 8.49. The topological polar surface area (TPSA) is 32.3 Å². The van der Waals surface area contributed by atoms with Gasteiger partial charge in [-0.05, 0) is 23.6 Å². The van der Waals surface area contributed by atoms with E-state index in [1.54, 1.807) is 6.08 Å². The lowest BCUT2D eigenvalue weighted by Gasteiger charge is -1.98. The number of hydrogen-bond acceptors (Lipinski definition) is 2. The molecule has 0 atom stereocenters. The minimum Gasteiger partial charge on any atom is -0.291 e. The molecule has 14 heavy (non-hydrogen) atoms. The number of rotatable bonds is 4. The van der Waals surface area contributed by atoms with E-state index in [0.29, 0.717) is 5.70 Å².